The van der Waals surface area contributed by atoms with Crippen molar-refractivity contribution < 1.29 is 19.4 Å². The molecule has 84 valence electrons. The average molecular weight is 220 g/mol. The van der Waals surface area contributed by atoms with E-state index in [1.807, 2.05) is 0 Å². The molecule has 4 nitrogen and oxygen atoms in total. The number of carbonyl (C=O) groups is 2. The van der Waals surface area contributed by atoms with Gasteiger partial charge in [0.2, 0.25) is 0 Å². The van der Waals surface area contributed by atoms with Gasteiger partial charge in [0.25, 0.3) is 0 Å². The fourth-order valence-corrected chi connectivity index (χ4v) is 1.20. The fourth-order valence-electron chi connectivity index (χ4n) is 1.20. The first-order chi connectivity index (χ1) is 7.65. The third-order valence-electron chi connectivity index (χ3n) is 2.00. The second-order valence-electron chi connectivity index (χ2n) is 3.08. The minimum absolute atomic E-state index is 0.129. The van der Waals surface area contributed by atoms with Gasteiger partial charge in [-0.05, 0) is 11.6 Å². The van der Waals surface area contributed by atoms with Crippen LogP contribution in [0.15, 0.2) is 30.3 Å². The predicted molar refractivity (Wildman–Crippen MR) is 59.1 cm³/mol. The summed E-state index contributed by atoms with van der Waals surface area (Å²) < 4.78 is 4.46. The van der Waals surface area contributed by atoms with Crippen LogP contribution in [0.1, 0.15) is 22.3 Å². The van der Waals surface area contributed by atoms with Crippen molar-refractivity contribution in [1.29, 1.82) is 0 Å². The molecule has 0 unspecified atom stereocenters. The molecule has 0 radical (unpaired) electrons. The number of carboxylic acid groups (broad SMARTS) is 1. The lowest BCUT2D eigenvalue weighted by molar-refractivity contribution is -0.139. The highest BCUT2D eigenvalue weighted by Crippen LogP contribution is 2.11. The lowest BCUT2D eigenvalue weighted by atomic mass is 10.1. The maximum absolute atomic E-state index is 10.8. The van der Waals surface area contributed by atoms with Crippen LogP contribution in [0.3, 0.4) is 0 Å². The first-order valence-electron chi connectivity index (χ1n) is 4.71. The largest absolute Gasteiger partial charge is 0.478 e. The highest BCUT2D eigenvalue weighted by Gasteiger charge is 2.05. The molecule has 4 heteroatoms. The molecule has 0 fully saturated rings. The van der Waals surface area contributed by atoms with Crippen LogP contribution in [0.5, 0.6) is 0 Å². The normalized spacial score (nSPS) is 10.3. The van der Waals surface area contributed by atoms with E-state index in [0.29, 0.717) is 5.56 Å². The molecule has 0 aliphatic carbocycles. The van der Waals surface area contributed by atoms with Crippen molar-refractivity contribution in [2.75, 3.05) is 7.11 Å². The van der Waals surface area contributed by atoms with Crippen LogP contribution in [-0.2, 0) is 9.53 Å². The van der Waals surface area contributed by atoms with Gasteiger partial charge in [-0.15, -0.1) is 0 Å². The van der Waals surface area contributed by atoms with E-state index >= 15 is 0 Å². The smallest absolute Gasteiger partial charge is 0.336 e. The van der Waals surface area contributed by atoms with E-state index in [0.717, 1.165) is 0 Å². The van der Waals surface area contributed by atoms with Crippen LogP contribution in [0.2, 0.25) is 0 Å². The Balaban J connectivity index is 2.80. The number of carboxylic acids is 1. The lowest BCUT2D eigenvalue weighted by Gasteiger charge is -1.99. The van der Waals surface area contributed by atoms with E-state index < -0.39 is 5.97 Å². The van der Waals surface area contributed by atoms with Gasteiger partial charge in [0.15, 0.2) is 0 Å². The van der Waals surface area contributed by atoms with Crippen molar-refractivity contribution in [3.63, 3.8) is 0 Å². The van der Waals surface area contributed by atoms with Gasteiger partial charge >= 0.3 is 11.9 Å². The summed E-state index contributed by atoms with van der Waals surface area (Å²) in [5.41, 5.74) is 0.780. The molecule has 1 N–H and O–H groups in total. The Morgan fingerprint density at radius 2 is 2.06 bits per heavy atom. The molecule has 0 heterocycles. The summed E-state index contributed by atoms with van der Waals surface area (Å²) in [7, 11) is 1.31. The van der Waals surface area contributed by atoms with Gasteiger partial charge in [-0.3, -0.25) is 4.79 Å². The van der Waals surface area contributed by atoms with Crippen molar-refractivity contribution in [2.24, 2.45) is 0 Å². The molecule has 0 aliphatic rings. The topological polar surface area (TPSA) is 63.6 Å². The zero-order valence-electron chi connectivity index (χ0n) is 8.84. The van der Waals surface area contributed by atoms with Crippen molar-refractivity contribution in [1.82, 2.24) is 0 Å². The minimum atomic E-state index is -0.988. The molecule has 1 aromatic carbocycles. The van der Waals surface area contributed by atoms with Gasteiger partial charge in [-0.1, -0.05) is 30.4 Å². The van der Waals surface area contributed by atoms with Crippen LogP contribution in [0.25, 0.3) is 6.08 Å². The van der Waals surface area contributed by atoms with E-state index in [4.69, 9.17) is 5.11 Å². The van der Waals surface area contributed by atoms with E-state index in [-0.39, 0.29) is 18.0 Å². The molecular formula is C12H12O4. The highest BCUT2D eigenvalue weighted by atomic mass is 16.5. The van der Waals surface area contributed by atoms with Gasteiger partial charge in [-0.2, -0.15) is 0 Å². The first kappa shape index (κ1) is 12.0. The Hall–Kier alpha value is -2.10. The first-order valence-corrected chi connectivity index (χ1v) is 4.71. The number of hydrogen-bond acceptors (Lipinski definition) is 3. The zero-order valence-corrected chi connectivity index (χ0v) is 8.84. The van der Waals surface area contributed by atoms with Gasteiger partial charge in [0.05, 0.1) is 19.1 Å². The molecule has 0 amide bonds. The van der Waals surface area contributed by atoms with Crippen LogP contribution in [0, 0.1) is 0 Å². The second kappa shape index (κ2) is 5.70. The number of esters is 1. The molecule has 0 aliphatic heterocycles. The van der Waals surface area contributed by atoms with Crippen molar-refractivity contribution in [3.8, 4) is 0 Å². The Morgan fingerprint density at radius 1 is 1.38 bits per heavy atom. The molecule has 0 saturated carbocycles. The summed E-state index contributed by atoms with van der Waals surface area (Å²) in [6, 6.07) is 6.59. The maximum atomic E-state index is 10.8. The van der Waals surface area contributed by atoms with Crippen LogP contribution < -0.4 is 0 Å². The predicted octanol–water partition coefficient (Wildman–Crippen LogP) is 1.96. The van der Waals surface area contributed by atoms with E-state index in [9.17, 15) is 9.59 Å². The molecular weight excluding hydrogens is 208 g/mol. The van der Waals surface area contributed by atoms with Gasteiger partial charge < -0.3 is 9.84 Å². The summed E-state index contributed by atoms with van der Waals surface area (Å²) in [4.78, 5) is 21.7. The van der Waals surface area contributed by atoms with Gasteiger partial charge in [-0.25, -0.2) is 4.79 Å². The van der Waals surface area contributed by atoms with Crippen LogP contribution >= 0.6 is 0 Å². The average Bonchev–Trinajstić information content (AvgIpc) is 2.29. The standard InChI is InChI=1S/C12H12O4/c1-16-11(13)8-4-6-9-5-2-3-7-10(9)12(14)15/h2-7H,8H2,1H3,(H,14,15). The molecule has 1 aromatic rings. The summed E-state index contributed by atoms with van der Waals surface area (Å²) in [6.07, 6.45) is 3.30. The van der Waals surface area contributed by atoms with E-state index in [1.165, 1.54) is 13.2 Å². The fraction of sp³-hybridized carbons (Fsp3) is 0.167. The molecule has 1 rings (SSSR count). The maximum Gasteiger partial charge on any atom is 0.336 e. The summed E-state index contributed by atoms with van der Waals surface area (Å²) in [5, 5.41) is 8.89. The zero-order chi connectivity index (χ0) is 12.0. The van der Waals surface area contributed by atoms with Crippen molar-refractivity contribution >= 4 is 18.0 Å². The highest BCUT2D eigenvalue weighted by molar-refractivity contribution is 5.92. The number of aromatic carboxylic acids is 1. The summed E-state index contributed by atoms with van der Waals surface area (Å²) in [5.74, 6) is -1.35. The number of carbonyl (C=O) groups excluding carboxylic acids is 1. The Bertz CT molecular complexity index is 421. The third kappa shape index (κ3) is 3.24. The number of benzene rings is 1. The summed E-state index contributed by atoms with van der Waals surface area (Å²) in [6.45, 7) is 0. The Kier molecular flexibility index (Phi) is 4.27. The number of rotatable bonds is 4. The second-order valence-corrected chi connectivity index (χ2v) is 3.08. The molecule has 0 atom stereocenters. The Labute approximate surface area is 93.2 Å². The minimum Gasteiger partial charge on any atom is -0.478 e. The van der Waals surface area contributed by atoms with Gasteiger partial charge in [0, 0.05) is 0 Å². The third-order valence-corrected chi connectivity index (χ3v) is 2.00. The summed E-state index contributed by atoms with van der Waals surface area (Å²) >= 11 is 0. The van der Waals surface area contributed by atoms with Crippen molar-refractivity contribution in [2.45, 2.75) is 6.42 Å². The van der Waals surface area contributed by atoms with Crippen molar-refractivity contribution in [3.05, 3.63) is 41.5 Å². The van der Waals surface area contributed by atoms with Crippen LogP contribution in [0.4, 0.5) is 0 Å². The van der Waals surface area contributed by atoms with Gasteiger partial charge in [0.1, 0.15) is 0 Å². The molecule has 0 spiro atoms. The molecule has 0 aromatic heterocycles. The number of methoxy groups -OCH3 is 1. The Morgan fingerprint density at radius 3 is 2.69 bits per heavy atom. The monoisotopic (exact) mass is 220 g/mol. The SMILES string of the molecule is COC(=O)CC=Cc1ccccc1C(=O)O. The lowest BCUT2D eigenvalue weighted by Crippen LogP contribution is -1.99. The molecule has 16 heavy (non-hydrogen) atoms. The van der Waals surface area contributed by atoms with E-state index in [2.05, 4.69) is 4.74 Å². The molecule has 0 bridgehead atoms. The van der Waals surface area contributed by atoms with Crippen LogP contribution in [-0.4, -0.2) is 24.2 Å². The molecule has 0 saturated heterocycles. The number of hydrogen-bond donors (Lipinski definition) is 1. The number of ether oxygens (including phenoxy) is 1. The van der Waals surface area contributed by atoms with E-state index in [1.54, 1.807) is 30.4 Å². The quantitative estimate of drug-likeness (QED) is 0.788.